The third-order valence-corrected chi connectivity index (χ3v) is 8.90. The van der Waals surface area contributed by atoms with E-state index in [1.807, 2.05) is 18.2 Å². The molecule has 202 valence electrons. The molecule has 14 heteroatoms. The van der Waals surface area contributed by atoms with Crippen molar-refractivity contribution in [1.29, 1.82) is 0 Å². The summed E-state index contributed by atoms with van der Waals surface area (Å²) in [5.74, 6) is -0.417. The van der Waals surface area contributed by atoms with Crippen molar-refractivity contribution in [2.75, 3.05) is 18.5 Å². The number of benzene rings is 1. The van der Waals surface area contributed by atoms with Crippen molar-refractivity contribution in [2.45, 2.75) is 37.5 Å². The van der Waals surface area contributed by atoms with Crippen molar-refractivity contribution in [3.8, 4) is 0 Å². The number of aliphatic hydroxyl groups excluding tert-OH is 1. The average molecular weight is 599 g/mol. The number of ketones is 1. The molecule has 1 fully saturated rings. The highest BCUT2D eigenvalue weighted by atomic mass is 35.5. The summed E-state index contributed by atoms with van der Waals surface area (Å²) in [5, 5.41) is 22.6. The van der Waals surface area contributed by atoms with Crippen LogP contribution in [0.15, 0.2) is 36.8 Å². The van der Waals surface area contributed by atoms with E-state index in [1.54, 1.807) is 6.07 Å². The van der Waals surface area contributed by atoms with Crippen LogP contribution in [0.25, 0.3) is 0 Å². The molecule has 0 saturated heterocycles. The Bertz CT molecular complexity index is 1470. The van der Waals surface area contributed by atoms with Crippen molar-refractivity contribution in [3.05, 3.63) is 73.3 Å². The van der Waals surface area contributed by atoms with Gasteiger partial charge in [0, 0.05) is 35.3 Å². The summed E-state index contributed by atoms with van der Waals surface area (Å²) in [6.07, 6.45) is 3.56. The van der Waals surface area contributed by atoms with Crippen LogP contribution >= 0.6 is 34.5 Å². The lowest BCUT2D eigenvalue weighted by Crippen LogP contribution is -2.30. The Morgan fingerprint density at radius 1 is 1.26 bits per heavy atom. The number of fused-ring (bicyclic) bond motifs is 1. The van der Waals surface area contributed by atoms with Gasteiger partial charge in [0.05, 0.1) is 33.5 Å². The molecule has 5 N–H and O–H groups in total. The van der Waals surface area contributed by atoms with Gasteiger partial charge in [0.25, 0.3) is 0 Å². The Balaban J connectivity index is 1.35. The third kappa shape index (κ3) is 6.02. The molecule has 1 aliphatic heterocycles. The number of rotatable bonds is 8. The largest absolute Gasteiger partial charge is 0.393 e. The van der Waals surface area contributed by atoms with E-state index in [-0.39, 0.29) is 30.0 Å². The first-order valence-electron chi connectivity index (χ1n) is 11.9. The van der Waals surface area contributed by atoms with Crippen molar-refractivity contribution in [1.82, 2.24) is 15.3 Å². The molecule has 0 bridgehead atoms. The van der Waals surface area contributed by atoms with Crippen LogP contribution in [0.4, 0.5) is 5.82 Å². The summed E-state index contributed by atoms with van der Waals surface area (Å²) in [6, 6.07) is 7.14. The molecule has 2 aliphatic rings. The van der Waals surface area contributed by atoms with E-state index in [0.717, 1.165) is 24.1 Å². The molecule has 1 aliphatic carbocycles. The van der Waals surface area contributed by atoms with Gasteiger partial charge in [0.15, 0.2) is 0 Å². The maximum atomic E-state index is 13.6. The SMILES string of the molecule is NS(=O)(=O)OC[C@H]1C[C@@H](Nc2ncncc2C(=O)c2cc([C@@H]3NCCc4ccc(Cl)cc43)c(Cl)s2)C[C@@H]1O. The summed E-state index contributed by atoms with van der Waals surface area (Å²) in [4.78, 5) is 22.3. The second kappa shape index (κ2) is 11.1. The predicted octanol–water partition coefficient (Wildman–Crippen LogP) is 3.08. The zero-order valence-corrected chi connectivity index (χ0v) is 23.1. The molecular formula is C24H25Cl2N5O5S2. The molecule has 3 aromatic rings. The third-order valence-electron chi connectivity index (χ3n) is 6.81. The number of nitrogens with zero attached hydrogens (tertiary/aromatic N) is 2. The first-order chi connectivity index (χ1) is 18.1. The fraction of sp³-hybridized carbons (Fsp3) is 0.375. The van der Waals surface area contributed by atoms with E-state index < -0.39 is 22.3 Å². The van der Waals surface area contributed by atoms with Gasteiger partial charge in [-0.3, -0.25) is 8.98 Å². The molecule has 5 rings (SSSR count). The molecule has 0 spiro atoms. The summed E-state index contributed by atoms with van der Waals surface area (Å²) < 4.78 is 27.4. The van der Waals surface area contributed by atoms with Crippen LogP contribution in [0.3, 0.4) is 0 Å². The first-order valence-corrected chi connectivity index (χ1v) is 14.9. The molecule has 1 saturated carbocycles. The number of carbonyl (C=O) groups excluding carboxylic acids is 1. The van der Waals surface area contributed by atoms with Crippen LogP contribution in [-0.2, 0) is 20.9 Å². The molecule has 4 atom stereocenters. The Kier molecular flexibility index (Phi) is 8.04. The first kappa shape index (κ1) is 27.4. The lowest BCUT2D eigenvalue weighted by molar-refractivity contribution is 0.101. The molecule has 10 nitrogen and oxygen atoms in total. The molecule has 0 radical (unpaired) electrons. The Morgan fingerprint density at radius 3 is 2.87 bits per heavy atom. The van der Waals surface area contributed by atoms with Crippen LogP contribution in [0.2, 0.25) is 9.36 Å². The normalized spacial score (nSPS) is 23.3. The lowest BCUT2D eigenvalue weighted by atomic mass is 9.91. The van der Waals surface area contributed by atoms with E-state index >= 15 is 0 Å². The highest BCUT2D eigenvalue weighted by molar-refractivity contribution is 7.84. The van der Waals surface area contributed by atoms with E-state index in [1.165, 1.54) is 29.4 Å². The number of aliphatic hydroxyl groups is 1. The van der Waals surface area contributed by atoms with E-state index in [9.17, 15) is 18.3 Å². The van der Waals surface area contributed by atoms with Crippen molar-refractivity contribution in [3.63, 3.8) is 0 Å². The van der Waals surface area contributed by atoms with E-state index in [0.29, 0.717) is 32.9 Å². The maximum Gasteiger partial charge on any atom is 0.333 e. The number of nitrogens with one attached hydrogen (secondary N) is 2. The van der Waals surface area contributed by atoms with Crippen molar-refractivity contribution in [2.24, 2.45) is 11.1 Å². The van der Waals surface area contributed by atoms with Crippen LogP contribution in [0.5, 0.6) is 0 Å². The van der Waals surface area contributed by atoms with Gasteiger partial charge in [-0.2, -0.15) is 8.42 Å². The zero-order chi connectivity index (χ0) is 27.0. The van der Waals surface area contributed by atoms with Crippen LogP contribution in [0.1, 0.15) is 50.8 Å². The van der Waals surface area contributed by atoms with E-state index in [2.05, 4.69) is 24.8 Å². The monoisotopic (exact) mass is 597 g/mol. The summed E-state index contributed by atoms with van der Waals surface area (Å²) in [5.41, 5.74) is 3.28. The van der Waals surface area contributed by atoms with Gasteiger partial charge in [0.2, 0.25) is 5.78 Å². The highest BCUT2D eigenvalue weighted by Gasteiger charge is 2.35. The molecular weight excluding hydrogens is 573 g/mol. The number of aromatic nitrogens is 2. The molecule has 0 unspecified atom stereocenters. The van der Waals surface area contributed by atoms with Gasteiger partial charge in [-0.15, -0.1) is 11.3 Å². The van der Waals surface area contributed by atoms with Crippen molar-refractivity contribution < 1.29 is 22.5 Å². The molecule has 0 amide bonds. The Hall–Kier alpha value is -2.16. The maximum absolute atomic E-state index is 13.6. The average Bonchev–Trinajstić information content (AvgIpc) is 3.43. The number of nitrogens with two attached hydrogens (primary N) is 1. The van der Waals surface area contributed by atoms with E-state index in [4.69, 9.17) is 28.3 Å². The van der Waals surface area contributed by atoms with Gasteiger partial charge >= 0.3 is 10.3 Å². The smallest absolute Gasteiger partial charge is 0.333 e. The van der Waals surface area contributed by atoms with Gasteiger partial charge < -0.3 is 15.7 Å². The minimum absolute atomic E-state index is 0.191. The predicted molar refractivity (Wildman–Crippen MR) is 145 cm³/mol. The second-order valence-corrected chi connectivity index (χ2v) is 12.7. The number of hydrogen-bond donors (Lipinski definition) is 4. The number of halogens is 2. The Labute approximate surface area is 233 Å². The second-order valence-electron chi connectivity index (χ2n) is 9.35. The minimum atomic E-state index is -4.11. The van der Waals surface area contributed by atoms with Gasteiger partial charge in [-0.25, -0.2) is 15.1 Å². The number of thiophene rings is 1. The Morgan fingerprint density at radius 2 is 2.08 bits per heavy atom. The van der Waals surface area contributed by atoms with Gasteiger partial charge in [-0.1, -0.05) is 29.3 Å². The highest BCUT2D eigenvalue weighted by Crippen LogP contribution is 2.39. The molecule has 1 aromatic carbocycles. The number of anilines is 1. The zero-order valence-electron chi connectivity index (χ0n) is 19.9. The van der Waals surface area contributed by atoms with Crippen LogP contribution in [-0.4, -0.2) is 54.6 Å². The fourth-order valence-corrected chi connectivity index (χ4v) is 6.85. The van der Waals surface area contributed by atoms with Gasteiger partial charge in [-0.05, 0) is 48.6 Å². The van der Waals surface area contributed by atoms with Crippen LogP contribution < -0.4 is 15.8 Å². The number of hydrogen-bond acceptors (Lipinski definition) is 10. The lowest BCUT2D eigenvalue weighted by Gasteiger charge is -2.27. The molecule has 38 heavy (non-hydrogen) atoms. The number of carbonyl (C=O) groups is 1. The summed E-state index contributed by atoms with van der Waals surface area (Å²) in [6.45, 7) is 0.541. The standard InChI is InChI=1S/C24H25Cl2N5O5S2/c25-14-2-1-12-3-4-29-21(16(12)6-14)17-8-20(37-23(17)26)22(33)18-9-28-11-30-24(18)31-15-5-13(19(32)7-15)10-36-38(27,34)35/h1-2,6,8-9,11,13,15,19,21,29,32H,3-5,7,10H2,(H2,27,34,35)(H,28,30,31)/t13-,15-,19+,21-/m1/s1. The molecule has 2 aromatic heterocycles. The topological polar surface area (TPSA) is 157 Å². The van der Waals surface area contributed by atoms with Gasteiger partial charge in [0.1, 0.15) is 12.1 Å². The summed E-state index contributed by atoms with van der Waals surface area (Å²) in [7, 11) is -4.11. The summed E-state index contributed by atoms with van der Waals surface area (Å²) >= 11 is 14.1. The van der Waals surface area contributed by atoms with Crippen LogP contribution in [0, 0.1) is 5.92 Å². The fourth-order valence-electron chi connectivity index (χ4n) is 5.01. The quantitative estimate of drug-likeness (QED) is 0.286. The molecule has 3 heterocycles. The van der Waals surface area contributed by atoms with Crippen molar-refractivity contribution >= 4 is 56.4 Å². The minimum Gasteiger partial charge on any atom is -0.393 e.